The Kier molecular flexibility index (Phi) is 5.62. The summed E-state index contributed by atoms with van der Waals surface area (Å²) in [6, 6.07) is 11.0. The highest BCUT2D eigenvalue weighted by Crippen LogP contribution is 2.18. The topological polar surface area (TPSA) is 34.1 Å². The molecule has 0 aliphatic carbocycles. The molecular weight excluding hydrogens is 233 g/mol. The molecular formula is C14H12B3O2. The molecule has 0 atom stereocenters. The summed E-state index contributed by atoms with van der Waals surface area (Å²) in [6.45, 7) is 3.09. The van der Waals surface area contributed by atoms with Gasteiger partial charge in [-0.05, 0) is 36.8 Å². The second kappa shape index (κ2) is 6.98. The van der Waals surface area contributed by atoms with Crippen LogP contribution in [-0.4, -0.2) is 34.1 Å². The van der Waals surface area contributed by atoms with Crippen LogP contribution in [0.15, 0.2) is 36.4 Å². The largest absolute Gasteiger partial charge is 0.295 e. The van der Waals surface area contributed by atoms with Crippen molar-refractivity contribution in [3.63, 3.8) is 0 Å². The minimum absolute atomic E-state index is 0.0533. The van der Waals surface area contributed by atoms with Gasteiger partial charge in [0.05, 0.1) is 0 Å². The van der Waals surface area contributed by atoms with Crippen LogP contribution in [0.1, 0.15) is 34.6 Å². The zero-order valence-electron chi connectivity index (χ0n) is 11.0. The molecule has 0 aromatic heterocycles. The minimum atomic E-state index is 0.0533. The maximum Gasteiger partial charge on any atom is 0.159 e. The first-order chi connectivity index (χ1) is 8.99. The van der Waals surface area contributed by atoms with Crippen LogP contribution in [-0.2, 0) is 0 Å². The fourth-order valence-electron chi connectivity index (χ4n) is 1.68. The van der Waals surface area contributed by atoms with Gasteiger partial charge in [0.2, 0.25) is 0 Å². The lowest BCUT2D eigenvalue weighted by atomic mass is 9.40. The van der Waals surface area contributed by atoms with Gasteiger partial charge in [-0.3, -0.25) is 9.59 Å². The maximum atomic E-state index is 11.2. The zero-order valence-corrected chi connectivity index (χ0v) is 11.0. The van der Waals surface area contributed by atoms with Gasteiger partial charge in [-0.1, -0.05) is 24.3 Å². The summed E-state index contributed by atoms with van der Waals surface area (Å²) in [7, 11) is 10.0. The molecule has 0 fully saturated rings. The highest BCUT2D eigenvalue weighted by Gasteiger charge is 2.03. The molecule has 0 saturated carbocycles. The van der Waals surface area contributed by atoms with Gasteiger partial charge in [0.1, 0.15) is 0 Å². The molecule has 0 spiro atoms. The molecule has 0 unspecified atom stereocenters. The first kappa shape index (κ1) is 15.3. The number of hydrogen-bond donors (Lipinski definition) is 0. The highest BCUT2D eigenvalue weighted by molar-refractivity contribution is 7.17. The third-order valence-electron chi connectivity index (χ3n) is 2.65. The summed E-state index contributed by atoms with van der Waals surface area (Å²) in [5.74, 6) is 0.107. The van der Waals surface area contributed by atoms with Gasteiger partial charge in [0.15, 0.2) is 11.6 Å². The highest BCUT2D eigenvalue weighted by atomic mass is 16.1. The van der Waals surface area contributed by atoms with Crippen molar-refractivity contribution in [3.8, 4) is 0 Å². The Labute approximate surface area is 116 Å². The van der Waals surface area contributed by atoms with Crippen molar-refractivity contribution >= 4 is 44.9 Å². The fourth-order valence-corrected chi connectivity index (χ4v) is 1.68. The second-order valence-electron chi connectivity index (χ2n) is 4.08. The standard InChI is InChI=1S/C14H12O2.B3/c1-9(15)11-3-5-14-8-12(10(2)16)4-6-13(14)7-11;1-3-2/h3-8H,1-2H3;. The lowest BCUT2D eigenvalue weighted by Gasteiger charge is -2.02. The summed E-state index contributed by atoms with van der Waals surface area (Å²) in [5, 5.41) is 1.97. The lowest BCUT2D eigenvalue weighted by Crippen LogP contribution is -1.93. The van der Waals surface area contributed by atoms with Crippen LogP contribution in [0.4, 0.5) is 0 Å². The van der Waals surface area contributed by atoms with Crippen LogP contribution in [0.2, 0.25) is 0 Å². The van der Waals surface area contributed by atoms with Crippen LogP contribution in [0, 0.1) is 0 Å². The number of carbonyl (C=O) groups excluding carboxylic acids is 2. The third kappa shape index (κ3) is 4.13. The van der Waals surface area contributed by atoms with Crippen LogP contribution in [0.5, 0.6) is 0 Å². The van der Waals surface area contributed by atoms with Gasteiger partial charge in [-0.25, -0.2) is 0 Å². The number of ketones is 2. The van der Waals surface area contributed by atoms with Crippen LogP contribution in [0.25, 0.3) is 10.8 Å². The van der Waals surface area contributed by atoms with Crippen molar-refractivity contribution < 1.29 is 9.59 Å². The molecule has 0 aliphatic heterocycles. The van der Waals surface area contributed by atoms with Crippen molar-refractivity contribution in [1.29, 1.82) is 0 Å². The van der Waals surface area contributed by atoms with Crippen molar-refractivity contribution in [1.82, 2.24) is 0 Å². The van der Waals surface area contributed by atoms with Gasteiger partial charge in [-0.15, -0.1) is 0 Å². The van der Waals surface area contributed by atoms with E-state index < -0.39 is 0 Å². The van der Waals surface area contributed by atoms with E-state index in [0.717, 1.165) is 17.8 Å². The predicted octanol–water partition coefficient (Wildman–Crippen LogP) is 2.10. The number of benzene rings is 2. The molecule has 0 bridgehead atoms. The fraction of sp³-hybridized carbons (Fsp3) is 0.143. The number of carbonyl (C=O) groups is 2. The lowest BCUT2D eigenvalue weighted by molar-refractivity contribution is 0.100. The van der Waals surface area contributed by atoms with E-state index in [1.807, 2.05) is 24.3 Å². The number of rotatable bonds is 2. The quantitative estimate of drug-likeness (QED) is 0.599. The molecule has 0 saturated heterocycles. The molecule has 2 aromatic rings. The van der Waals surface area contributed by atoms with Gasteiger partial charge in [0, 0.05) is 33.7 Å². The zero-order chi connectivity index (χ0) is 14.4. The maximum absolute atomic E-state index is 11.2. The van der Waals surface area contributed by atoms with Crippen LogP contribution < -0.4 is 0 Å². The molecule has 0 N–H and O–H groups in total. The Morgan fingerprint density at radius 2 is 1.16 bits per heavy atom. The predicted molar refractivity (Wildman–Crippen MR) is 81.2 cm³/mol. The summed E-state index contributed by atoms with van der Waals surface area (Å²) >= 11 is 0. The minimum Gasteiger partial charge on any atom is -0.295 e. The third-order valence-corrected chi connectivity index (χ3v) is 2.65. The van der Waals surface area contributed by atoms with Crippen molar-refractivity contribution in [2.45, 2.75) is 13.8 Å². The van der Waals surface area contributed by atoms with E-state index >= 15 is 0 Å². The van der Waals surface area contributed by atoms with Crippen molar-refractivity contribution in [2.24, 2.45) is 0 Å². The van der Waals surface area contributed by atoms with E-state index in [2.05, 4.69) is 15.5 Å². The Morgan fingerprint density at radius 1 is 0.842 bits per heavy atom. The number of hydrogen-bond acceptors (Lipinski definition) is 2. The number of fused-ring (bicyclic) bond motifs is 1. The molecule has 2 rings (SSSR count). The van der Waals surface area contributed by atoms with Gasteiger partial charge < -0.3 is 0 Å². The Morgan fingerprint density at radius 3 is 1.42 bits per heavy atom. The monoisotopic (exact) mass is 245 g/mol. The van der Waals surface area contributed by atoms with Gasteiger partial charge in [-0.2, -0.15) is 0 Å². The first-order valence-electron chi connectivity index (χ1n) is 5.80. The average molecular weight is 245 g/mol. The number of Topliss-reactive ketones (excluding diaryl/α,β-unsaturated/α-hetero) is 2. The molecule has 0 heterocycles. The molecule has 19 heavy (non-hydrogen) atoms. The summed E-state index contributed by atoms with van der Waals surface area (Å²) < 4.78 is 0. The molecule has 2 aromatic carbocycles. The summed E-state index contributed by atoms with van der Waals surface area (Å²) in [5.41, 5.74) is 1.39. The van der Waals surface area contributed by atoms with E-state index in [4.69, 9.17) is 0 Å². The molecule has 0 amide bonds. The first-order valence-corrected chi connectivity index (χ1v) is 5.80. The van der Waals surface area contributed by atoms with Crippen LogP contribution in [0.3, 0.4) is 0 Å². The molecule has 5 radical (unpaired) electrons. The smallest absolute Gasteiger partial charge is 0.159 e. The molecule has 89 valence electrons. The average Bonchev–Trinajstić information content (AvgIpc) is 2.38. The molecule has 5 heteroatoms. The van der Waals surface area contributed by atoms with Crippen molar-refractivity contribution in [3.05, 3.63) is 47.5 Å². The Hall–Kier alpha value is -1.77. The molecule has 2 nitrogen and oxygen atoms in total. The van der Waals surface area contributed by atoms with E-state index in [0.29, 0.717) is 11.1 Å². The van der Waals surface area contributed by atoms with Crippen LogP contribution >= 0.6 is 0 Å². The van der Waals surface area contributed by atoms with Gasteiger partial charge in [0.25, 0.3) is 0 Å². The van der Waals surface area contributed by atoms with Gasteiger partial charge >= 0.3 is 0 Å². The Bertz CT molecular complexity index is 555. The normalized spacial score (nSPS) is 9.37. The SMILES string of the molecule is CC(=O)c1ccc2cc(C(C)=O)ccc2c1.[B][B][B]. The van der Waals surface area contributed by atoms with E-state index in [9.17, 15) is 9.59 Å². The summed E-state index contributed by atoms with van der Waals surface area (Å²) in [6.07, 6.45) is 0. The Balaban J connectivity index is 0.000000550. The second-order valence-corrected chi connectivity index (χ2v) is 4.08. The van der Waals surface area contributed by atoms with Crippen molar-refractivity contribution in [2.75, 3.05) is 0 Å². The van der Waals surface area contributed by atoms with E-state index in [1.165, 1.54) is 0 Å². The van der Waals surface area contributed by atoms with E-state index in [1.54, 1.807) is 26.0 Å². The summed E-state index contributed by atoms with van der Waals surface area (Å²) in [4.78, 5) is 22.4. The van der Waals surface area contributed by atoms with E-state index in [-0.39, 0.29) is 11.6 Å². The molecule has 0 aliphatic rings.